The molecule has 0 unspecified atom stereocenters. The molecular formula is C6H11. The highest BCUT2D eigenvalue weighted by Crippen LogP contribution is 1.93. The third-order valence-corrected chi connectivity index (χ3v) is 0.500. The highest BCUT2D eigenvalue weighted by Gasteiger charge is 1.77. The lowest BCUT2D eigenvalue weighted by Crippen LogP contribution is -1.69. The Bertz CT molecular complexity index is 42.0. The van der Waals surface area contributed by atoms with Crippen LogP contribution in [0.3, 0.4) is 0 Å². The molecule has 0 aliphatic carbocycles. The number of rotatable bonds is 1. The first-order valence-electron chi connectivity index (χ1n) is 2.20. The van der Waals surface area contributed by atoms with Crippen molar-refractivity contribution >= 4 is 0 Å². The molecule has 0 saturated carbocycles. The van der Waals surface area contributed by atoms with Gasteiger partial charge in [0, 0.05) is 0 Å². The van der Waals surface area contributed by atoms with E-state index in [0.29, 0.717) is 0 Å². The zero-order chi connectivity index (χ0) is 4.99. The van der Waals surface area contributed by atoms with E-state index in [1.54, 1.807) is 0 Å². The van der Waals surface area contributed by atoms with E-state index in [1.807, 2.05) is 13.0 Å². The lowest BCUT2D eigenvalue weighted by molar-refractivity contribution is 1.20. The molecule has 0 amide bonds. The highest BCUT2D eigenvalue weighted by atomic mass is 13.8. The van der Waals surface area contributed by atoms with E-state index < -0.39 is 0 Å². The SMILES string of the molecule is C/C=C\[C](C)C. The van der Waals surface area contributed by atoms with Gasteiger partial charge in [-0.15, -0.1) is 0 Å². The van der Waals surface area contributed by atoms with Gasteiger partial charge in [0.25, 0.3) is 0 Å². The third kappa shape index (κ3) is 3.74. The molecule has 1 radical (unpaired) electrons. The van der Waals surface area contributed by atoms with Crippen LogP contribution >= 0.6 is 0 Å². The summed E-state index contributed by atoms with van der Waals surface area (Å²) in [5.41, 5.74) is 0. The summed E-state index contributed by atoms with van der Waals surface area (Å²) in [6.45, 7) is 6.19. The molecular weight excluding hydrogens is 72.1 g/mol. The van der Waals surface area contributed by atoms with Crippen molar-refractivity contribution in [3.05, 3.63) is 18.1 Å². The average molecular weight is 83.2 g/mol. The van der Waals surface area contributed by atoms with Gasteiger partial charge < -0.3 is 0 Å². The average Bonchev–Trinajstić information content (AvgIpc) is 1.35. The van der Waals surface area contributed by atoms with Gasteiger partial charge >= 0.3 is 0 Å². The number of hydrogen-bond acceptors (Lipinski definition) is 0. The van der Waals surface area contributed by atoms with E-state index in [0.717, 1.165) is 0 Å². The largest absolute Gasteiger partial charge is 0.0911 e. The van der Waals surface area contributed by atoms with Gasteiger partial charge in [0.1, 0.15) is 0 Å². The Balaban J connectivity index is 3.03. The van der Waals surface area contributed by atoms with Gasteiger partial charge in [-0.25, -0.2) is 0 Å². The van der Waals surface area contributed by atoms with Crippen molar-refractivity contribution in [1.29, 1.82) is 0 Å². The smallest absolute Gasteiger partial charge is 0.00893 e. The van der Waals surface area contributed by atoms with Crippen LogP contribution in [-0.2, 0) is 0 Å². The second kappa shape index (κ2) is 2.95. The minimum Gasteiger partial charge on any atom is -0.0911 e. The van der Waals surface area contributed by atoms with Gasteiger partial charge in [0.15, 0.2) is 0 Å². The van der Waals surface area contributed by atoms with Crippen LogP contribution in [-0.4, -0.2) is 0 Å². The minimum absolute atomic E-state index is 1.36. The first-order valence-corrected chi connectivity index (χ1v) is 2.20. The highest BCUT2D eigenvalue weighted by molar-refractivity contribution is 5.01. The summed E-state index contributed by atoms with van der Waals surface area (Å²) < 4.78 is 0. The first-order chi connectivity index (χ1) is 2.77. The molecule has 0 heteroatoms. The minimum atomic E-state index is 1.36. The molecule has 0 aromatic rings. The molecule has 0 aromatic heterocycles. The Kier molecular flexibility index (Phi) is 2.82. The molecule has 0 nitrogen and oxygen atoms in total. The zero-order valence-corrected chi connectivity index (χ0v) is 4.65. The summed E-state index contributed by atoms with van der Waals surface area (Å²) in [6, 6.07) is 0. The molecule has 0 spiro atoms. The van der Waals surface area contributed by atoms with Gasteiger partial charge in [-0.05, 0) is 12.8 Å². The number of hydrogen-bond donors (Lipinski definition) is 0. The number of allylic oxidation sites excluding steroid dienone is 2. The summed E-state index contributed by atoms with van der Waals surface area (Å²) in [7, 11) is 0. The fourth-order valence-corrected chi connectivity index (χ4v) is 0.333. The molecule has 0 saturated heterocycles. The quantitative estimate of drug-likeness (QED) is 0.455. The van der Waals surface area contributed by atoms with Crippen LogP contribution in [0, 0.1) is 5.92 Å². The van der Waals surface area contributed by atoms with E-state index in [-0.39, 0.29) is 0 Å². The van der Waals surface area contributed by atoms with Gasteiger partial charge in [0.05, 0.1) is 0 Å². The Morgan fingerprint density at radius 1 is 1.33 bits per heavy atom. The molecule has 0 aliphatic rings. The van der Waals surface area contributed by atoms with Crippen molar-refractivity contribution in [2.75, 3.05) is 0 Å². The van der Waals surface area contributed by atoms with Crippen molar-refractivity contribution in [2.45, 2.75) is 20.8 Å². The predicted octanol–water partition coefficient (Wildman–Crippen LogP) is 2.18. The maximum absolute atomic E-state index is 2.08. The standard InChI is InChI=1S/C6H11/c1-4-5-6(2)3/h4-5H,1-3H3/b5-4-. The van der Waals surface area contributed by atoms with Crippen LogP contribution in [0.1, 0.15) is 20.8 Å². The van der Waals surface area contributed by atoms with Crippen molar-refractivity contribution in [3.8, 4) is 0 Å². The van der Waals surface area contributed by atoms with Crippen molar-refractivity contribution in [1.82, 2.24) is 0 Å². The van der Waals surface area contributed by atoms with E-state index in [1.165, 1.54) is 5.92 Å². The molecule has 0 rings (SSSR count). The van der Waals surface area contributed by atoms with Crippen molar-refractivity contribution < 1.29 is 0 Å². The maximum Gasteiger partial charge on any atom is -0.00893 e. The predicted molar refractivity (Wildman–Crippen MR) is 29.4 cm³/mol. The van der Waals surface area contributed by atoms with E-state index >= 15 is 0 Å². The molecule has 35 valence electrons. The second-order valence-electron chi connectivity index (χ2n) is 1.58. The van der Waals surface area contributed by atoms with E-state index in [2.05, 4.69) is 19.9 Å². The lowest BCUT2D eigenvalue weighted by atomic mass is 10.2. The molecule has 0 aromatic carbocycles. The van der Waals surface area contributed by atoms with Gasteiger partial charge in [-0.3, -0.25) is 0 Å². The Hall–Kier alpha value is -0.260. The molecule has 0 atom stereocenters. The van der Waals surface area contributed by atoms with Gasteiger partial charge in [-0.2, -0.15) is 0 Å². The summed E-state index contributed by atoms with van der Waals surface area (Å²) in [5, 5.41) is 0. The maximum atomic E-state index is 2.08. The normalized spacial score (nSPS) is 11.3. The van der Waals surface area contributed by atoms with Crippen LogP contribution in [0.2, 0.25) is 0 Å². The summed E-state index contributed by atoms with van der Waals surface area (Å²) in [4.78, 5) is 0. The Morgan fingerprint density at radius 3 is 1.83 bits per heavy atom. The summed E-state index contributed by atoms with van der Waals surface area (Å²) in [5.74, 6) is 1.36. The van der Waals surface area contributed by atoms with Crippen LogP contribution in [0.15, 0.2) is 12.2 Å². The van der Waals surface area contributed by atoms with Crippen LogP contribution in [0.5, 0.6) is 0 Å². The molecule has 0 fully saturated rings. The summed E-state index contributed by atoms with van der Waals surface area (Å²) >= 11 is 0. The van der Waals surface area contributed by atoms with E-state index in [9.17, 15) is 0 Å². The molecule has 0 aliphatic heterocycles. The zero-order valence-electron chi connectivity index (χ0n) is 4.65. The van der Waals surface area contributed by atoms with Gasteiger partial charge in [-0.1, -0.05) is 26.0 Å². The Morgan fingerprint density at radius 2 is 1.83 bits per heavy atom. The van der Waals surface area contributed by atoms with Crippen molar-refractivity contribution in [2.24, 2.45) is 0 Å². The fourth-order valence-electron chi connectivity index (χ4n) is 0.333. The van der Waals surface area contributed by atoms with E-state index in [4.69, 9.17) is 0 Å². The van der Waals surface area contributed by atoms with Crippen LogP contribution < -0.4 is 0 Å². The molecule has 0 heterocycles. The third-order valence-electron chi connectivity index (χ3n) is 0.500. The second-order valence-corrected chi connectivity index (χ2v) is 1.58. The van der Waals surface area contributed by atoms with Crippen molar-refractivity contribution in [3.63, 3.8) is 0 Å². The first kappa shape index (κ1) is 5.74. The van der Waals surface area contributed by atoms with Gasteiger partial charge in [0.2, 0.25) is 0 Å². The molecule has 0 bridgehead atoms. The fraction of sp³-hybridized carbons (Fsp3) is 0.500. The topological polar surface area (TPSA) is 0 Å². The summed E-state index contributed by atoms with van der Waals surface area (Å²) in [6.07, 6.45) is 4.12. The molecule has 0 N–H and O–H groups in total. The van der Waals surface area contributed by atoms with Crippen LogP contribution in [0.25, 0.3) is 0 Å². The monoisotopic (exact) mass is 83.1 g/mol. The Labute approximate surface area is 39.9 Å². The molecule has 6 heavy (non-hydrogen) atoms. The van der Waals surface area contributed by atoms with Crippen LogP contribution in [0.4, 0.5) is 0 Å². The lowest BCUT2D eigenvalue weighted by Gasteiger charge is -1.85.